The van der Waals surface area contributed by atoms with Crippen molar-refractivity contribution in [2.75, 3.05) is 0 Å². The zero-order valence-corrected chi connectivity index (χ0v) is 6.55. The second kappa shape index (κ2) is 2.33. The Morgan fingerprint density at radius 1 is 1.45 bits per heavy atom. The average Bonchev–Trinajstić information content (AvgIpc) is 2.48. The maximum Gasteiger partial charge on any atom is 0.130 e. The molecule has 0 N–H and O–H groups in total. The third-order valence-corrected chi connectivity index (χ3v) is 2.83. The van der Waals surface area contributed by atoms with Crippen molar-refractivity contribution in [3.05, 3.63) is 23.8 Å². The van der Waals surface area contributed by atoms with Gasteiger partial charge in [0, 0.05) is 0 Å². The van der Waals surface area contributed by atoms with Crippen molar-refractivity contribution < 1.29 is 4.79 Å². The molecule has 0 amide bonds. The van der Waals surface area contributed by atoms with Crippen LogP contribution in [0.2, 0.25) is 0 Å². The van der Waals surface area contributed by atoms with Crippen LogP contribution in [-0.2, 0) is 4.79 Å². The van der Waals surface area contributed by atoms with Gasteiger partial charge >= 0.3 is 0 Å². The Kier molecular flexibility index (Phi) is 1.45. The van der Waals surface area contributed by atoms with Gasteiger partial charge in [-0.25, -0.2) is 0 Å². The third kappa shape index (κ3) is 0.873. The van der Waals surface area contributed by atoms with Gasteiger partial charge in [-0.05, 0) is 25.7 Å². The average molecular weight is 148 g/mol. The van der Waals surface area contributed by atoms with Gasteiger partial charge in [0.1, 0.15) is 6.29 Å². The fourth-order valence-corrected chi connectivity index (χ4v) is 2.07. The first-order valence-electron chi connectivity index (χ1n) is 4.18. The SMILES string of the molecule is O=CC12CC=CCC1=CCC2. The summed E-state index contributed by atoms with van der Waals surface area (Å²) in [6.07, 6.45) is 11.7. The molecule has 0 fully saturated rings. The number of allylic oxidation sites excluding steroid dienone is 4. The maximum absolute atomic E-state index is 10.9. The molecule has 0 aliphatic heterocycles. The molecular formula is C10H12O. The van der Waals surface area contributed by atoms with E-state index in [-0.39, 0.29) is 5.41 Å². The second-order valence-corrected chi connectivity index (χ2v) is 3.42. The molecule has 0 spiro atoms. The maximum atomic E-state index is 10.9. The quantitative estimate of drug-likeness (QED) is 0.411. The minimum absolute atomic E-state index is 0.0747. The van der Waals surface area contributed by atoms with Crippen LogP contribution in [0.4, 0.5) is 0 Å². The highest BCUT2D eigenvalue weighted by atomic mass is 16.1. The summed E-state index contributed by atoms with van der Waals surface area (Å²) in [7, 11) is 0. The molecule has 0 aromatic carbocycles. The van der Waals surface area contributed by atoms with Gasteiger partial charge in [0.25, 0.3) is 0 Å². The van der Waals surface area contributed by atoms with Gasteiger partial charge in [-0.3, -0.25) is 0 Å². The van der Waals surface area contributed by atoms with Crippen molar-refractivity contribution in [1.29, 1.82) is 0 Å². The Hall–Kier alpha value is -0.850. The highest BCUT2D eigenvalue weighted by Crippen LogP contribution is 2.44. The van der Waals surface area contributed by atoms with Crippen LogP contribution in [0.3, 0.4) is 0 Å². The molecule has 11 heavy (non-hydrogen) atoms. The first-order valence-corrected chi connectivity index (χ1v) is 4.18. The van der Waals surface area contributed by atoms with E-state index in [1.54, 1.807) is 0 Å². The lowest BCUT2D eigenvalue weighted by atomic mass is 9.75. The minimum atomic E-state index is -0.0747. The molecule has 58 valence electrons. The van der Waals surface area contributed by atoms with E-state index in [0.717, 1.165) is 32.0 Å². The van der Waals surface area contributed by atoms with Gasteiger partial charge in [-0.2, -0.15) is 0 Å². The van der Waals surface area contributed by atoms with Crippen molar-refractivity contribution in [3.8, 4) is 0 Å². The number of rotatable bonds is 1. The van der Waals surface area contributed by atoms with Gasteiger partial charge in [0.15, 0.2) is 0 Å². The lowest BCUT2D eigenvalue weighted by Gasteiger charge is -2.27. The molecule has 0 heterocycles. The van der Waals surface area contributed by atoms with Crippen molar-refractivity contribution in [2.45, 2.75) is 25.7 Å². The molecule has 0 bridgehead atoms. The topological polar surface area (TPSA) is 17.1 Å². The largest absolute Gasteiger partial charge is 0.302 e. The monoisotopic (exact) mass is 148 g/mol. The Bertz CT molecular complexity index is 237. The number of hydrogen-bond donors (Lipinski definition) is 0. The molecule has 1 unspecified atom stereocenters. The summed E-state index contributed by atoms with van der Waals surface area (Å²) < 4.78 is 0. The van der Waals surface area contributed by atoms with Crippen molar-refractivity contribution >= 4 is 6.29 Å². The summed E-state index contributed by atoms with van der Waals surface area (Å²) >= 11 is 0. The van der Waals surface area contributed by atoms with E-state index < -0.39 is 0 Å². The fourth-order valence-electron chi connectivity index (χ4n) is 2.07. The molecule has 2 aliphatic carbocycles. The number of carbonyl (C=O) groups excluding carboxylic acids is 1. The van der Waals surface area contributed by atoms with E-state index in [0.29, 0.717) is 0 Å². The van der Waals surface area contributed by atoms with Crippen LogP contribution in [0.15, 0.2) is 23.8 Å². The van der Waals surface area contributed by atoms with Crippen molar-refractivity contribution in [2.24, 2.45) is 5.41 Å². The smallest absolute Gasteiger partial charge is 0.130 e. The van der Waals surface area contributed by atoms with Crippen molar-refractivity contribution in [3.63, 3.8) is 0 Å². The lowest BCUT2D eigenvalue weighted by molar-refractivity contribution is -0.114. The Balaban J connectivity index is 2.36. The molecule has 2 aliphatic rings. The highest BCUT2D eigenvalue weighted by Gasteiger charge is 2.36. The molecule has 1 nitrogen and oxygen atoms in total. The van der Waals surface area contributed by atoms with Crippen LogP contribution in [0.25, 0.3) is 0 Å². The number of fused-ring (bicyclic) bond motifs is 1. The van der Waals surface area contributed by atoms with E-state index in [9.17, 15) is 4.79 Å². The van der Waals surface area contributed by atoms with Gasteiger partial charge < -0.3 is 4.79 Å². The second-order valence-electron chi connectivity index (χ2n) is 3.42. The summed E-state index contributed by atoms with van der Waals surface area (Å²) in [4.78, 5) is 10.9. The Morgan fingerprint density at radius 2 is 2.36 bits per heavy atom. The molecule has 1 heteroatoms. The van der Waals surface area contributed by atoms with Crippen LogP contribution in [-0.4, -0.2) is 6.29 Å². The molecule has 2 rings (SSSR count). The summed E-state index contributed by atoms with van der Waals surface area (Å²) in [5, 5.41) is 0. The zero-order valence-electron chi connectivity index (χ0n) is 6.55. The first-order chi connectivity index (χ1) is 5.37. The predicted molar refractivity (Wildman–Crippen MR) is 44.2 cm³/mol. The summed E-state index contributed by atoms with van der Waals surface area (Å²) in [5.41, 5.74) is 1.28. The lowest BCUT2D eigenvalue weighted by Crippen LogP contribution is -2.22. The van der Waals surface area contributed by atoms with E-state index >= 15 is 0 Å². The molecule has 0 radical (unpaired) electrons. The summed E-state index contributed by atoms with van der Waals surface area (Å²) in [5.74, 6) is 0. The summed E-state index contributed by atoms with van der Waals surface area (Å²) in [6, 6.07) is 0. The summed E-state index contributed by atoms with van der Waals surface area (Å²) in [6.45, 7) is 0. The predicted octanol–water partition coefficient (Wildman–Crippen LogP) is 2.24. The highest BCUT2D eigenvalue weighted by molar-refractivity contribution is 5.67. The van der Waals surface area contributed by atoms with Gasteiger partial charge in [-0.15, -0.1) is 0 Å². The van der Waals surface area contributed by atoms with E-state index in [4.69, 9.17) is 0 Å². The minimum Gasteiger partial charge on any atom is -0.302 e. The molecule has 0 aromatic heterocycles. The van der Waals surface area contributed by atoms with Gasteiger partial charge in [0.2, 0.25) is 0 Å². The molecule has 0 aromatic rings. The van der Waals surface area contributed by atoms with E-state index in [2.05, 4.69) is 18.2 Å². The molecule has 1 atom stereocenters. The Morgan fingerprint density at radius 3 is 3.09 bits per heavy atom. The van der Waals surface area contributed by atoms with Gasteiger partial charge in [-0.1, -0.05) is 23.8 Å². The van der Waals surface area contributed by atoms with Gasteiger partial charge in [0.05, 0.1) is 5.41 Å². The van der Waals surface area contributed by atoms with Crippen LogP contribution < -0.4 is 0 Å². The number of hydrogen-bond acceptors (Lipinski definition) is 1. The van der Waals surface area contributed by atoms with E-state index in [1.165, 1.54) is 5.57 Å². The number of aldehydes is 1. The number of carbonyl (C=O) groups is 1. The first kappa shape index (κ1) is 6.84. The fraction of sp³-hybridized carbons (Fsp3) is 0.500. The van der Waals surface area contributed by atoms with Crippen LogP contribution in [0, 0.1) is 5.41 Å². The van der Waals surface area contributed by atoms with Crippen LogP contribution in [0.5, 0.6) is 0 Å². The van der Waals surface area contributed by atoms with E-state index in [1.807, 2.05) is 0 Å². The molecular weight excluding hydrogens is 136 g/mol. The normalized spacial score (nSPS) is 34.7. The third-order valence-electron chi connectivity index (χ3n) is 2.83. The van der Waals surface area contributed by atoms with Crippen LogP contribution >= 0.6 is 0 Å². The molecule has 0 saturated heterocycles. The van der Waals surface area contributed by atoms with Crippen molar-refractivity contribution in [1.82, 2.24) is 0 Å². The van der Waals surface area contributed by atoms with Crippen LogP contribution in [0.1, 0.15) is 25.7 Å². The zero-order chi connectivity index (χ0) is 7.73. The molecule has 0 saturated carbocycles. The standard InChI is InChI=1S/C10H12O/c11-8-10-6-2-1-4-9(10)5-3-7-10/h1-2,5,8H,3-4,6-7H2. The Labute approximate surface area is 66.8 Å².